The molecule has 0 aliphatic carbocycles. The average molecular weight is 228 g/mol. The molecular weight excluding hydrogens is 204 g/mol. The summed E-state index contributed by atoms with van der Waals surface area (Å²) >= 11 is 0. The molecule has 0 aliphatic heterocycles. The van der Waals surface area contributed by atoms with Gasteiger partial charge in [0.2, 0.25) is 5.91 Å². The minimum atomic E-state index is -0.429. The van der Waals surface area contributed by atoms with E-state index in [1.807, 2.05) is 13.8 Å². The zero-order chi connectivity index (χ0) is 12.6. The first-order valence-electron chi connectivity index (χ1n) is 5.72. The van der Waals surface area contributed by atoms with E-state index in [1.54, 1.807) is 18.1 Å². The summed E-state index contributed by atoms with van der Waals surface area (Å²) in [5, 5.41) is 0. The number of nitrogens with two attached hydrogens (primary N) is 1. The summed E-state index contributed by atoms with van der Waals surface area (Å²) in [5.41, 5.74) is 5.91. The van der Waals surface area contributed by atoms with Crippen LogP contribution in [0.5, 0.6) is 0 Å². The molecule has 0 saturated carbocycles. The highest BCUT2D eigenvalue weighted by molar-refractivity contribution is 5.82. The van der Waals surface area contributed by atoms with Crippen molar-refractivity contribution in [2.45, 2.75) is 26.3 Å². The van der Waals surface area contributed by atoms with Crippen LogP contribution in [-0.2, 0) is 9.53 Å². The summed E-state index contributed by atoms with van der Waals surface area (Å²) in [6.07, 6.45) is 2.61. The maximum absolute atomic E-state index is 12.0. The van der Waals surface area contributed by atoms with Crippen molar-refractivity contribution in [3.8, 4) is 0 Å². The molecule has 16 heavy (non-hydrogen) atoms. The molecule has 0 aromatic carbocycles. The second-order valence-corrected chi connectivity index (χ2v) is 3.98. The first-order chi connectivity index (χ1) is 7.58. The van der Waals surface area contributed by atoms with Gasteiger partial charge in [0.25, 0.3) is 0 Å². The maximum atomic E-state index is 12.0. The summed E-state index contributed by atoms with van der Waals surface area (Å²) in [6.45, 7) is 9.27. The van der Waals surface area contributed by atoms with E-state index in [-0.39, 0.29) is 11.8 Å². The lowest BCUT2D eigenvalue weighted by Gasteiger charge is -2.26. The molecule has 0 radical (unpaired) electrons. The Morgan fingerprint density at radius 2 is 2.25 bits per heavy atom. The lowest BCUT2D eigenvalue weighted by molar-refractivity contribution is -0.133. The average Bonchev–Trinajstić information content (AvgIpc) is 2.31. The van der Waals surface area contributed by atoms with Gasteiger partial charge in [0.05, 0.1) is 12.6 Å². The number of hydrogen-bond acceptors (Lipinski definition) is 3. The van der Waals surface area contributed by atoms with E-state index in [0.29, 0.717) is 19.7 Å². The summed E-state index contributed by atoms with van der Waals surface area (Å²) in [6, 6.07) is -0.429. The van der Waals surface area contributed by atoms with Gasteiger partial charge in [-0.25, -0.2) is 0 Å². The largest absolute Gasteiger partial charge is 0.383 e. The summed E-state index contributed by atoms with van der Waals surface area (Å²) in [7, 11) is 1.62. The van der Waals surface area contributed by atoms with E-state index in [2.05, 4.69) is 6.58 Å². The topological polar surface area (TPSA) is 55.6 Å². The first kappa shape index (κ1) is 15.1. The van der Waals surface area contributed by atoms with E-state index >= 15 is 0 Å². The van der Waals surface area contributed by atoms with E-state index in [4.69, 9.17) is 10.5 Å². The highest BCUT2D eigenvalue weighted by atomic mass is 16.5. The molecule has 0 saturated heterocycles. The van der Waals surface area contributed by atoms with Crippen molar-refractivity contribution in [3.05, 3.63) is 12.7 Å². The summed E-state index contributed by atoms with van der Waals surface area (Å²) in [5.74, 6) is 0.175. The molecule has 0 fully saturated rings. The predicted molar refractivity (Wildman–Crippen MR) is 66.1 cm³/mol. The van der Waals surface area contributed by atoms with E-state index in [0.717, 1.165) is 6.42 Å². The van der Waals surface area contributed by atoms with Crippen molar-refractivity contribution in [3.63, 3.8) is 0 Å². The molecule has 4 nitrogen and oxygen atoms in total. The molecule has 0 aliphatic rings. The van der Waals surface area contributed by atoms with E-state index in [9.17, 15) is 4.79 Å². The van der Waals surface area contributed by atoms with Crippen LogP contribution in [0.3, 0.4) is 0 Å². The molecule has 0 aromatic rings. The van der Waals surface area contributed by atoms with Gasteiger partial charge >= 0.3 is 0 Å². The van der Waals surface area contributed by atoms with Gasteiger partial charge in [-0.1, -0.05) is 26.3 Å². The molecule has 0 rings (SSSR count). The quantitative estimate of drug-likeness (QED) is 0.631. The Bertz CT molecular complexity index is 219. The third-order valence-corrected chi connectivity index (χ3v) is 2.77. The Labute approximate surface area is 98.4 Å². The van der Waals surface area contributed by atoms with Crippen molar-refractivity contribution in [2.24, 2.45) is 11.7 Å². The van der Waals surface area contributed by atoms with Crippen molar-refractivity contribution >= 4 is 5.91 Å². The second kappa shape index (κ2) is 8.30. The lowest BCUT2D eigenvalue weighted by atomic mass is 9.99. The SMILES string of the molecule is C=CCN(CCOC)C(=O)C(N)C(C)CC. The van der Waals surface area contributed by atoms with Crippen LogP contribution in [0, 0.1) is 5.92 Å². The number of carbonyl (C=O) groups excluding carboxylic acids is 1. The zero-order valence-electron chi connectivity index (χ0n) is 10.6. The van der Waals surface area contributed by atoms with Crippen LogP contribution in [-0.4, -0.2) is 43.7 Å². The molecule has 0 heterocycles. The maximum Gasteiger partial charge on any atom is 0.240 e. The molecule has 2 atom stereocenters. The Morgan fingerprint density at radius 1 is 1.62 bits per heavy atom. The fourth-order valence-corrected chi connectivity index (χ4v) is 1.36. The van der Waals surface area contributed by atoms with Gasteiger partial charge in [0.15, 0.2) is 0 Å². The molecule has 2 unspecified atom stereocenters. The smallest absolute Gasteiger partial charge is 0.240 e. The van der Waals surface area contributed by atoms with Gasteiger partial charge in [-0.05, 0) is 5.92 Å². The van der Waals surface area contributed by atoms with Gasteiger partial charge in [0, 0.05) is 20.2 Å². The number of nitrogens with zero attached hydrogens (tertiary/aromatic N) is 1. The van der Waals surface area contributed by atoms with E-state index < -0.39 is 6.04 Å². The number of hydrogen-bond donors (Lipinski definition) is 1. The fourth-order valence-electron chi connectivity index (χ4n) is 1.36. The number of methoxy groups -OCH3 is 1. The Hall–Kier alpha value is -0.870. The summed E-state index contributed by atoms with van der Waals surface area (Å²) in [4.78, 5) is 13.7. The molecule has 0 bridgehead atoms. The number of carbonyl (C=O) groups is 1. The van der Waals surface area contributed by atoms with Crippen LogP contribution in [0.4, 0.5) is 0 Å². The van der Waals surface area contributed by atoms with Gasteiger partial charge in [0.1, 0.15) is 0 Å². The fraction of sp³-hybridized carbons (Fsp3) is 0.750. The number of rotatable bonds is 8. The monoisotopic (exact) mass is 228 g/mol. The van der Waals surface area contributed by atoms with Gasteiger partial charge in [-0.15, -0.1) is 6.58 Å². The highest BCUT2D eigenvalue weighted by Crippen LogP contribution is 2.08. The molecule has 1 amide bonds. The minimum absolute atomic E-state index is 0.0219. The van der Waals surface area contributed by atoms with Crippen molar-refractivity contribution in [1.82, 2.24) is 4.90 Å². The van der Waals surface area contributed by atoms with Crippen molar-refractivity contribution in [1.29, 1.82) is 0 Å². The van der Waals surface area contributed by atoms with Crippen LogP contribution < -0.4 is 5.73 Å². The zero-order valence-corrected chi connectivity index (χ0v) is 10.6. The normalized spacial score (nSPS) is 14.2. The number of ether oxygens (including phenoxy) is 1. The third kappa shape index (κ3) is 4.77. The van der Waals surface area contributed by atoms with Crippen LogP contribution in [0.2, 0.25) is 0 Å². The molecular formula is C12H24N2O2. The standard InChI is InChI=1S/C12H24N2O2/c1-5-7-14(8-9-16-4)12(15)11(13)10(3)6-2/h5,10-11H,1,6-9,13H2,2-4H3. The molecule has 0 spiro atoms. The third-order valence-electron chi connectivity index (χ3n) is 2.77. The predicted octanol–water partition coefficient (Wildman–Crippen LogP) is 1.02. The van der Waals surface area contributed by atoms with E-state index in [1.165, 1.54) is 0 Å². The summed E-state index contributed by atoms with van der Waals surface area (Å²) < 4.78 is 4.97. The Balaban J connectivity index is 4.40. The highest BCUT2D eigenvalue weighted by Gasteiger charge is 2.23. The molecule has 0 aromatic heterocycles. The molecule has 2 N–H and O–H groups in total. The van der Waals surface area contributed by atoms with Crippen LogP contribution >= 0.6 is 0 Å². The second-order valence-electron chi connectivity index (χ2n) is 3.98. The Kier molecular flexibility index (Phi) is 7.85. The van der Waals surface area contributed by atoms with Crippen LogP contribution in [0.25, 0.3) is 0 Å². The number of amides is 1. The molecule has 4 heteroatoms. The van der Waals surface area contributed by atoms with Crippen LogP contribution in [0.15, 0.2) is 12.7 Å². The molecule has 94 valence electrons. The van der Waals surface area contributed by atoms with Gasteiger partial charge in [-0.2, -0.15) is 0 Å². The van der Waals surface area contributed by atoms with Crippen LogP contribution in [0.1, 0.15) is 20.3 Å². The first-order valence-corrected chi connectivity index (χ1v) is 5.72. The minimum Gasteiger partial charge on any atom is -0.383 e. The van der Waals surface area contributed by atoms with Crippen molar-refractivity contribution in [2.75, 3.05) is 26.8 Å². The van der Waals surface area contributed by atoms with Crippen molar-refractivity contribution < 1.29 is 9.53 Å². The Morgan fingerprint density at radius 3 is 2.69 bits per heavy atom. The lowest BCUT2D eigenvalue weighted by Crippen LogP contribution is -2.48. The van der Waals surface area contributed by atoms with Gasteiger partial charge < -0.3 is 15.4 Å². The van der Waals surface area contributed by atoms with Gasteiger partial charge in [-0.3, -0.25) is 4.79 Å².